The summed E-state index contributed by atoms with van der Waals surface area (Å²) >= 11 is 0. The molecule has 0 saturated heterocycles. The Balaban J connectivity index is 0.000000215. The summed E-state index contributed by atoms with van der Waals surface area (Å²) < 4.78 is 88.0. The van der Waals surface area contributed by atoms with Crippen LogP contribution in [0.25, 0.3) is 22.5 Å². The van der Waals surface area contributed by atoms with Crippen molar-refractivity contribution in [3.05, 3.63) is 179 Å². The molecular formula is C50H42F6N4O8. The summed E-state index contributed by atoms with van der Waals surface area (Å²) in [5, 5.41) is 32.7. The Kier molecular flexibility index (Phi) is 16.5. The molecule has 0 saturated carbocycles. The van der Waals surface area contributed by atoms with Crippen LogP contribution >= 0.6 is 0 Å². The minimum absolute atomic E-state index is 0.0424. The van der Waals surface area contributed by atoms with Crippen LogP contribution in [-0.2, 0) is 12.4 Å². The third kappa shape index (κ3) is 13.6. The number of carbonyl (C=O) groups is 3. The van der Waals surface area contributed by atoms with E-state index in [0.717, 1.165) is 46.5 Å². The predicted octanol–water partition coefficient (Wildman–Crippen LogP) is 12.8. The number of aryl methyl sites for hydroxylation is 2. The topological polar surface area (TPSA) is 180 Å². The second-order valence-corrected chi connectivity index (χ2v) is 14.5. The zero-order chi connectivity index (χ0) is 49.8. The third-order valence-electron chi connectivity index (χ3n) is 9.65. The van der Waals surface area contributed by atoms with E-state index in [2.05, 4.69) is 20.6 Å². The number of rotatable bonds is 12. The number of benzene rings is 5. The van der Waals surface area contributed by atoms with Crippen molar-refractivity contribution in [1.29, 1.82) is 0 Å². The molecule has 0 aliphatic heterocycles. The first-order valence-corrected chi connectivity index (χ1v) is 20.2. The molecular weight excluding hydrogens is 899 g/mol. The highest BCUT2D eigenvalue weighted by atomic mass is 19.4. The second-order valence-electron chi connectivity index (χ2n) is 14.5. The van der Waals surface area contributed by atoms with E-state index in [1.54, 1.807) is 49.6 Å². The molecule has 5 N–H and O–H groups in total. The van der Waals surface area contributed by atoms with Gasteiger partial charge in [0, 0.05) is 11.1 Å². The molecule has 68 heavy (non-hydrogen) atoms. The minimum Gasteiger partial charge on any atom is -0.497 e. The summed E-state index contributed by atoms with van der Waals surface area (Å²) in [6.45, 7) is 6.10. The molecule has 352 valence electrons. The summed E-state index contributed by atoms with van der Waals surface area (Å²) in [7, 11) is 1.57. The maximum atomic E-state index is 12.9. The number of halogens is 6. The molecule has 7 aromatic rings. The average Bonchev–Trinajstić information content (AvgIpc) is 3.29. The number of alkyl halides is 6. The van der Waals surface area contributed by atoms with Crippen molar-refractivity contribution in [2.24, 2.45) is 0 Å². The van der Waals surface area contributed by atoms with E-state index in [4.69, 9.17) is 14.6 Å². The molecule has 0 spiro atoms. The van der Waals surface area contributed by atoms with Crippen molar-refractivity contribution in [3.8, 4) is 34.0 Å². The van der Waals surface area contributed by atoms with E-state index in [1.165, 1.54) is 12.4 Å². The van der Waals surface area contributed by atoms with Crippen molar-refractivity contribution < 1.29 is 65.5 Å². The van der Waals surface area contributed by atoms with Gasteiger partial charge in [0.1, 0.15) is 11.5 Å². The number of anilines is 4. The van der Waals surface area contributed by atoms with E-state index < -0.39 is 52.5 Å². The highest BCUT2D eigenvalue weighted by Gasteiger charge is 2.33. The molecule has 0 atom stereocenters. The molecule has 12 nitrogen and oxygen atoms in total. The predicted molar refractivity (Wildman–Crippen MR) is 243 cm³/mol. The van der Waals surface area contributed by atoms with Gasteiger partial charge < -0.3 is 35.4 Å². The van der Waals surface area contributed by atoms with Crippen molar-refractivity contribution in [3.63, 3.8) is 0 Å². The number of pyridine rings is 2. The molecule has 0 unspecified atom stereocenters. The normalized spacial score (nSPS) is 10.9. The van der Waals surface area contributed by atoms with Gasteiger partial charge in [-0.25, -0.2) is 14.4 Å². The maximum absolute atomic E-state index is 12.9. The van der Waals surface area contributed by atoms with Gasteiger partial charge in [-0.05, 0) is 117 Å². The Labute approximate surface area is 385 Å². The fourth-order valence-electron chi connectivity index (χ4n) is 6.47. The molecule has 0 bridgehead atoms. The van der Waals surface area contributed by atoms with Gasteiger partial charge in [-0.15, -0.1) is 0 Å². The lowest BCUT2D eigenvalue weighted by molar-refractivity contribution is -0.138. The number of hydrogen-bond acceptors (Lipinski definition) is 9. The van der Waals surface area contributed by atoms with Crippen LogP contribution in [0.15, 0.2) is 140 Å². The van der Waals surface area contributed by atoms with E-state index in [0.29, 0.717) is 58.6 Å². The standard InChI is InChI=1S/C22H19F3N2O3.C21H17F3N2O3.C7H6O2/c1-3-30-17-6-4-5-14(10-17)20-13(2)9-16(12-26-20)27-19-8-7-15(22(23,24)25)11-18(19)21(28)29;1-12-8-15(11-25-19(12)13-4-3-5-16(9-13)29-2)26-18-7-6-14(21(22,23)24)10-17(18)20(27)28;8-7(9)6-4-2-1-3-5-6/h4-12,27H,3H2,1-2H3,(H,28,29);3-11,26H,1-2H3,(H,27,28);1-5H,(H,8,9). The summed E-state index contributed by atoms with van der Waals surface area (Å²) in [5.41, 5.74) is 3.05. The molecule has 2 aromatic heterocycles. The zero-order valence-corrected chi connectivity index (χ0v) is 36.5. The molecule has 18 heteroatoms. The van der Waals surface area contributed by atoms with Crippen LogP contribution in [0.5, 0.6) is 11.5 Å². The Morgan fingerprint density at radius 3 is 1.37 bits per heavy atom. The van der Waals surface area contributed by atoms with Gasteiger partial charge in [-0.2, -0.15) is 26.3 Å². The van der Waals surface area contributed by atoms with E-state index in [1.807, 2.05) is 69.3 Å². The number of hydrogen-bond donors (Lipinski definition) is 5. The number of aromatic nitrogens is 2. The summed E-state index contributed by atoms with van der Waals surface area (Å²) in [4.78, 5) is 41.9. The zero-order valence-electron chi connectivity index (χ0n) is 36.5. The Bertz CT molecular complexity index is 2910. The first-order valence-electron chi connectivity index (χ1n) is 20.2. The van der Waals surface area contributed by atoms with Crippen molar-refractivity contribution in [2.75, 3.05) is 24.4 Å². The minimum atomic E-state index is -4.63. The number of ether oxygens (including phenoxy) is 2. The SMILES string of the molecule is CCOc1cccc(-c2ncc(Nc3ccc(C(F)(F)F)cc3C(=O)O)cc2C)c1.COc1cccc(-c2ncc(Nc3ccc(C(F)(F)F)cc3C(=O)O)cc2C)c1.O=C(O)c1ccccc1. The molecule has 0 radical (unpaired) electrons. The molecule has 0 amide bonds. The van der Waals surface area contributed by atoms with Crippen LogP contribution < -0.4 is 20.1 Å². The fraction of sp³-hybridized carbons (Fsp3) is 0.140. The van der Waals surface area contributed by atoms with Gasteiger partial charge in [-0.3, -0.25) is 9.97 Å². The van der Waals surface area contributed by atoms with E-state index in [-0.39, 0.29) is 11.4 Å². The smallest absolute Gasteiger partial charge is 0.416 e. The van der Waals surface area contributed by atoms with Crippen molar-refractivity contribution >= 4 is 40.7 Å². The Morgan fingerprint density at radius 2 is 1.00 bits per heavy atom. The number of nitrogens with zero attached hydrogens (tertiary/aromatic N) is 2. The maximum Gasteiger partial charge on any atom is 0.416 e. The summed E-state index contributed by atoms with van der Waals surface area (Å²) in [6, 6.07) is 31.7. The van der Waals surface area contributed by atoms with Crippen LogP contribution in [-0.4, -0.2) is 56.9 Å². The van der Waals surface area contributed by atoms with E-state index in [9.17, 15) is 50.9 Å². The number of nitrogens with one attached hydrogen (secondary N) is 2. The van der Waals surface area contributed by atoms with Crippen molar-refractivity contribution in [2.45, 2.75) is 33.1 Å². The molecule has 0 fully saturated rings. The lowest BCUT2D eigenvalue weighted by Gasteiger charge is -2.14. The van der Waals surface area contributed by atoms with Gasteiger partial charge >= 0.3 is 30.3 Å². The summed E-state index contributed by atoms with van der Waals surface area (Å²) in [6.07, 6.45) is -6.26. The highest BCUT2D eigenvalue weighted by molar-refractivity contribution is 5.96. The second kappa shape index (κ2) is 22.2. The lowest BCUT2D eigenvalue weighted by atomic mass is 10.1. The first kappa shape index (κ1) is 50.6. The van der Waals surface area contributed by atoms with Gasteiger partial charge in [0.05, 0.1) is 88.1 Å². The van der Waals surface area contributed by atoms with Gasteiger partial charge in [0.15, 0.2) is 0 Å². The van der Waals surface area contributed by atoms with Crippen LogP contribution in [0.1, 0.15) is 60.3 Å². The first-order chi connectivity index (χ1) is 32.2. The molecule has 0 aliphatic carbocycles. The van der Waals surface area contributed by atoms with Crippen LogP contribution in [0.3, 0.4) is 0 Å². The monoisotopic (exact) mass is 940 g/mol. The van der Waals surface area contributed by atoms with Crippen molar-refractivity contribution in [1.82, 2.24) is 9.97 Å². The number of carboxylic acids is 3. The van der Waals surface area contributed by atoms with Gasteiger partial charge in [-0.1, -0.05) is 42.5 Å². The molecule has 5 aromatic carbocycles. The fourth-order valence-corrected chi connectivity index (χ4v) is 6.47. The number of carboxylic acid groups (broad SMARTS) is 3. The largest absolute Gasteiger partial charge is 0.497 e. The van der Waals surface area contributed by atoms with Gasteiger partial charge in [0.2, 0.25) is 0 Å². The lowest BCUT2D eigenvalue weighted by Crippen LogP contribution is -2.09. The molecule has 0 aliphatic rings. The van der Waals surface area contributed by atoms with Crippen LogP contribution in [0.4, 0.5) is 49.1 Å². The Morgan fingerprint density at radius 1 is 0.559 bits per heavy atom. The summed E-state index contributed by atoms with van der Waals surface area (Å²) in [5.74, 6) is -2.40. The quantitative estimate of drug-likeness (QED) is 0.0733. The molecule has 7 rings (SSSR count). The van der Waals surface area contributed by atoms with Gasteiger partial charge in [0.25, 0.3) is 0 Å². The number of aromatic carboxylic acids is 3. The van der Waals surface area contributed by atoms with Crippen LogP contribution in [0.2, 0.25) is 0 Å². The Hall–Kier alpha value is -8.41. The third-order valence-corrected chi connectivity index (χ3v) is 9.65. The van der Waals surface area contributed by atoms with E-state index >= 15 is 0 Å². The molecule has 2 heterocycles. The average molecular weight is 941 g/mol. The van der Waals surface area contributed by atoms with Crippen LogP contribution in [0, 0.1) is 13.8 Å². The number of methoxy groups -OCH3 is 1. The highest BCUT2D eigenvalue weighted by Crippen LogP contribution is 2.35.